The van der Waals surface area contributed by atoms with Crippen LogP contribution in [0.3, 0.4) is 0 Å². The Kier molecular flexibility index (Phi) is 5.44. The molecule has 1 aromatic rings. The number of nitrogens with one attached hydrogen (secondary N) is 1. The topological polar surface area (TPSA) is 24.5 Å². The Balaban J connectivity index is 2.04. The van der Waals surface area contributed by atoms with Crippen molar-refractivity contribution >= 4 is 5.69 Å². The van der Waals surface area contributed by atoms with Crippen LogP contribution >= 0.6 is 0 Å². The molecule has 2 rings (SSSR count). The van der Waals surface area contributed by atoms with Gasteiger partial charge in [0.1, 0.15) is 0 Å². The third-order valence-corrected chi connectivity index (χ3v) is 4.12. The summed E-state index contributed by atoms with van der Waals surface area (Å²) < 4.78 is 5.55. The van der Waals surface area contributed by atoms with Crippen molar-refractivity contribution in [3.8, 4) is 0 Å². The second kappa shape index (κ2) is 7.09. The molecule has 0 aliphatic carbocycles. The Morgan fingerprint density at radius 2 is 2.00 bits per heavy atom. The van der Waals surface area contributed by atoms with E-state index in [9.17, 15) is 0 Å². The molecule has 1 heterocycles. The molecule has 1 fully saturated rings. The maximum absolute atomic E-state index is 5.55. The van der Waals surface area contributed by atoms with Crippen molar-refractivity contribution in [2.75, 3.05) is 38.3 Å². The molecule has 1 N–H and O–H groups in total. The smallest absolute Gasteiger partial charge is 0.0510 e. The van der Waals surface area contributed by atoms with Crippen LogP contribution in [0.1, 0.15) is 24.5 Å². The number of ether oxygens (including phenoxy) is 1. The number of hydrogen-bond donors (Lipinski definition) is 1. The first-order valence-corrected chi connectivity index (χ1v) is 7.70. The standard InChI is InChI=1S/C17H28N2O/c1-5-18-17(15-6-7-20-12-15)11-19(4)16-9-13(2)8-14(3)10-16/h8-10,15,17-18H,5-7,11-12H2,1-4H3. The first-order chi connectivity index (χ1) is 9.60. The molecular weight excluding hydrogens is 248 g/mol. The van der Waals surface area contributed by atoms with E-state index in [2.05, 4.69) is 56.2 Å². The van der Waals surface area contributed by atoms with Crippen LogP contribution in [-0.4, -0.2) is 39.4 Å². The van der Waals surface area contributed by atoms with Gasteiger partial charge < -0.3 is 15.0 Å². The highest BCUT2D eigenvalue weighted by Crippen LogP contribution is 2.21. The number of hydrogen-bond acceptors (Lipinski definition) is 3. The van der Waals surface area contributed by atoms with E-state index in [1.807, 2.05) is 0 Å². The van der Waals surface area contributed by atoms with Crippen molar-refractivity contribution in [2.45, 2.75) is 33.2 Å². The highest BCUT2D eigenvalue weighted by molar-refractivity contribution is 5.50. The van der Waals surface area contributed by atoms with Gasteiger partial charge in [0.15, 0.2) is 0 Å². The molecule has 0 bridgehead atoms. The Morgan fingerprint density at radius 1 is 1.30 bits per heavy atom. The number of rotatable bonds is 6. The predicted molar refractivity (Wildman–Crippen MR) is 85.6 cm³/mol. The summed E-state index contributed by atoms with van der Waals surface area (Å²) in [7, 11) is 2.19. The average Bonchev–Trinajstić information content (AvgIpc) is 2.90. The van der Waals surface area contributed by atoms with Crippen molar-refractivity contribution in [1.82, 2.24) is 5.32 Å². The van der Waals surface area contributed by atoms with Gasteiger partial charge in [-0.25, -0.2) is 0 Å². The van der Waals surface area contributed by atoms with Gasteiger partial charge in [-0.15, -0.1) is 0 Å². The molecule has 1 aromatic carbocycles. The molecule has 112 valence electrons. The van der Waals surface area contributed by atoms with Gasteiger partial charge in [-0.3, -0.25) is 0 Å². The summed E-state index contributed by atoms with van der Waals surface area (Å²) in [6.45, 7) is 10.4. The van der Waals surface area contributed by atoms with Crippen LogP contribution < -0.4 is 10.2 Å². The second-order valence-electron chi connectivity index (χ2n) is 6.01. The molecular formula is C17H28N2O. The van der Waals surface area contributed by atoms with E-state index in [4.69, 9.17) is 4.74 Å². The lowest BCUT2D eigenvalue weighted by molar-refractivity contribution is 0.177. The molecule has 20 heavy (non-hydrogen) atoms. The van der Waals surface area contributed by atoms with Gasteiger partial charge in [-0.1, -0.05) is 13.0 Å². The summed E-state index contributed by atoms with van der Waals surface area (Å²) >= 11 is 0. The molecule has 0 aromatic heterocycles. The van der Waals surface area contributed by atoms with E-state index in [0.717, 1.165) is 26.3 Å². The summed E-state index contributed by atoms with van der Waals surface area (Å²) in [6.07, 6.45) is 1.18. The maximum Gasteiger partial charge on any atom is 0.0510 e. The largest absolute Gasteiger partial charge is 0.381 e. The summed E-state index contributed by atoms with van der Waals surface area (Å²) in [6, 6.07) is 7.26. The summed E-state index contributed by atoms with van der Waals surface area (Å²) in [5.41, 5.74) is 3.97. The zero-order valence-corrected chi connectivity index (χ0v) is 13.3. The minimum atomic E-state index is 0.508. The lowest BCUT2D eigenvalue weighted by Gasteiger charge is -2.30. The summed E-state index contributed by atoms with van der Waals surface area (Å²) in [5, 5.41) is 3.63. The number of nitrogens with zero attached hydrogens (tertiary/aromatic N) is 1. The van der Waals surface area contributed by atoms with E-state index in [1.165, 1.54) is 23.2 Å². The summed E-state index contributed by atoms with van der Waals surface area (Å²) in [4.78, 5) is 2.37. The first-order valence-electron chi connectivity index (χ1n) is 7.70. The quantitative estimate of drug-likeness (QED) is 0.864. The van der Waals surface area contributed by atoms with Crippen molar-refractivity contribution in [2.24, 2.45) is 5.92 Å². The lowest BCUT2D eigenvalue weighted by Crippen LogP contribution is -2.45. The van der Waals surface area contributed by atoms with Crippen molar-refractivity contribution in [3.05, 3.63) is 29.3 Å². The van der Waals surface area contributed by atoms with Crippen LogP contribution in [0, 0.1) is 19.8 Å². The van der Waals surface area contributed by atoms with E-state index in [1.54, 1.807) is 0 Å². The Morgan fingerprint density at radius 3 is 2.55 bits per heavy atom. The lowest BCUT2D eigenvalue weighted by atomic mass is 9.98. The van der Waals surface area contributed by atoms with Gasteiger partial charge in [-0.05, 0) is 50.1 Å². The number of likely N-dealkylation sites (N-methyl/N-ethyl adjacent to an activating group) is 2. The first kappa shape index (κ1) is 15.3. The molecule has 2 unspecified atom stereocenters. The van der Waals surface area contributed by atoms with Crippen molar-refractivity contribution in [3.63, 3.8) is 0 Å². The molecule has 1 aliphatic heterocycles. The fourth-order valence-corrected chi connectivity index (χ4v) is 3.08. The highest BCUT2D eigenvalue weighted by Gasteiger charge is 2.26. The zero-order valence-electron chi connectivity index (χ0n) is 13.3. The fourth-order valence-electron chi connectivity index (χ4n) is 3.08. The molecule has 3 nitrogen and oxygen atoms in total. The van der Waals surface area contributed by atoms with E-state index in [0.29, 0.717) is 12.0 Å². The molecule has 0 radical (unpaired) electrons. The van der Waals surface area contributed by atoms with Gasteiger partial charge in [-0.2, -0.15) is 0 Å². The van der Waals surface area contributed by atoms with Crippen LogP contribution in [0.5, 0.6) is 0 Å². The third-order valence-electron chi connectivity index (χ3n) is 4.12. The minimum absolute atomic E-state index is 0.508. The minimum Gasteiger partial charge on any atom is -0.381 e. The Bertz CT molecular complexity index is 407. The van der Waals surface area contributed by atoms with Crippen LogP contribution in [0.25, 0.3) is 0 Å². The van der Waals surface area contributed by atoms with Gasteiger partial charge >= 0.3 is 0 Å². The third kappa shape index (κ3) is 3.97. The molecule has 1 aliphatic rings. The van der Waals surface area contributed by atoms with E-state index in [-0.39, 0.29) is 0 Å². The molecule has 2 atom stereocenters. The Labute approximate surface area is 123 Å². The van der Waals surface area contributed by atoms with Crippen molar-refractivity contribution < 1.29 is 4.74 Å². The SMILES string of the molecule is CCNC(CN(C)c1cc(C)cc(C)c1)C1CCOC1. The van der Waals surface area contributed by atoms with Crippen LogP contribution in [0.15, 0.2) is 18.2 Å². The van der Waals surface area contributed by atoms with Gasteiger partial charge in [0.25, 0.3) is 0 Å². The molecule has 0 spiro atoms. The van der Waals surface area contributed by atoms with Gasteiger partial charge in [0, 0.05) is 37.8 Å². The molecule has 0 amide bonds. The van der Waals surface area contributed by atoms with Gasteiger partial charge in [0.05, 0.1) is 6.61 Å². The molecule has 3 heteroatoms. The Hall–Kier alpha value is -1.06. The summed E-state index contributed by atoms with van der Waals surface area (Å²) in [5.74, 6) is 0.642. The highest BCUT2D eigenvalue weighted by atomic mass is 16.5. The zero-order chi connectivity index (χ0) is 14.5. The van der Waals surface area contributed by atoms with E-state index < -0.39 is 0 Å². The normalized spacial score (nSPS) is 20.1. The average molecular weight is 276 g/mol. The van der Waals surface area contributed by atoms with Crippen LogP contribution in [0.4, 0.5) is 5.69 Å². The molecule has 0 saturated carbocycles. The van der Waals surface area contributed by atoms with Gasteiger partial charge in [0.2, 0.25) is 0 Å². The van der Waals surface area contributed by atoms with Crippen LogP contribution in [0.2, 0.25) is 0 Å². The number of aryl methyl sites for hydroxylation is 2. The van der Waals surface area contributed by atoms with E-state index >= 15 is 0 Å². The molecule has 1 saturated heterocycles. The number of benzene rings is 1. The fraction of sp³-hybridized carbons (Fsp3) is 0.647. The van der Waals surface area contributed by atoms with Crippen LogP contribution in [-0.2, 0) is 4.74 Å². The number of anilines is 1. The predicted octanol–water partition coefficient (Wildman–Crippen LogP) is 2.75. The van der Waals surface area contributed by atoms with Crippen molar-refractivity contribution in [1.29, 1.82) is 0 Å². The second-order valence-corrected chi connectivity index (χ2v) is 6.01. The monoisotopic (exact) mass is 276 g/mol. The maximum atomic E-state index is 5.55.